The minimum Gasteiger partial charge on any atom is -0.441 e. The van der Waals surface area contributed by atoms with Crippen LogP contribution < -0.4 is 10.6 Å². The molecule has 0 fully saturated rings. The monoisotopic (exact) mass is 328 g/mol. The zero-order chi connectivity index (χ0) is 16.4. The topological polar surface area (TPSA) is 68.2 Å². The van der Waals surface area contributed by atoms with E-state index < -0.39 is 0 Å². The maximum Gasteiger partial charge on any atom is 0.218 e. The molecule has 0 aliphatic carbocycles. The van der Waals surface area contributed by atoms with Crippen molar-refractivity contribution in [3.63, 3.8) is 0 Å². The van der Waals surface area contributed by atoms with E-state index in [1.165, 1.54) is 0 Å². The average Bonchev–Trinajstić information content (AvgIpc) is 3.14. The molecule has 0 bridgehead atoms. The lowest BCUT2D eigenvalue weighted by atomic mass is 9.94. The van der Waals surface area contributed by atoms with Gasteiger partial charge in [-0.2, -0.15) is 0 Å². The normalized spacial score (nSPS) is 18.3. The summed E-state index contributed by atoms with van der Waals surface area (Å²) in [6, 6.07) is 0. The van der Waals surface area contributed by atoms with Crippen LogP contribution in [0.5, 0.6) is 0 Å². The summed E-state index contributed by atoms with van der Waals surface area (Å²) < 4.78 is 5.75. The van der Waals surface area contributed by atoms with Gasteiger partial charge >= 0.3 is 0 Å². The highest BCUT2D eigenvalue weighted by atomic mass is 32.1. The van der Waals surface area contributed by atoms with E-state index in [9.17, 15) is 0 Å². The van der Waals surface area contributed by atoms with Gasteiger partial charge in [-0.15, -0.1) is 0 Å². The lowest BCUT2D eigenvalue weighted by molar-refractivity contribution is 0.403. The molecule has 2 aromatic heterocycles. The van der Waals surface area contributed by atoms with Crippen molar-refractivity contribution in [2.24, 2.45) is 5.73 Å². The second kappa shape index (κ2) is 6.14. The maximum atomic E-state index is 6.04. The minimum atomic E-state index is -0.177. The van der Waals surface area contributed by atoms with Gasteiger partial charge in [-0.3, -0.25) is 0 Å². The smallest absolute Gasteiger partial charge is 0.218 e. The van der Waals surface area contributed by atoms with E-state index in [-0.39, 0.29) is 11.6 Å². The Morgan fingerprint density at radius 2 is 2.04 bits per heavy atom. The van der Waals surface area contributed by atoms with Crippen LogP contribution in [0, 0.1) is 0 Å². The van der Waals surface area contributed by atoms with E-state index in [1.54, 1.807) is 17.5 Å². The summed E-state index contributed by atoms with van der Waals surface area (Å²) in [4.78, 5) is 11.7. The lowest BCUT2D eigenvalue weighted by Crippen LogP contribution is -2.37. The molecule has 1 aliphatic rings. The van der Waals surface area contributed by atoms with Gasteiger partial charge in [0.25, 0.3) is 0 Å². The second-order valence-corrected chi connectivity index (χ2v) is 7.36. The van der Waals surface area contributed by atoms with Crippen LogP contribution in [-0.2, 0) is 5.41 Å². The molecule has 0 amide bonds. The molecule has 0 radical (unpaired) electrons. The SMILES string of the molecule is CC(C)(C)c1cnc(C=Cc2cnc(N3C=CC=CC3N)s2)o1. The van der Waals surface area contributed by atoms with Gasteiger partial charge in [0.1, 0.15) is 11.9 Å². The van der Waals surface area contributed by atoms with Crippen molar-refractivity contribution >= 4 is 28.6 Å². The molecule has 0 aromatic carbocycles. The highest BCUT2D eigenvalue weighted by Gasteiger charge is 2.18. The Balaban J connectivity index is 1.73. The number of allylic oxidation sites excluding steroid dienone is 2. The zero-order valence-corrected chi connectivity index (χ0v) is 14.2. The van der Waals surface area contributed by atoms with E-state index in [4.69, 9.17) is 10.2 Å². The van der Waals surface area contributed by atoms with E-state index >= 15 is 0 Å². The van der Waals surface area contributed by atoms with Gasteiger partial charge in [-0.1, -0.05) is 38.2 Å². The molecule has 1 atom stereocenters. The van der Waals surface area contributed by atoms with Gasteiger partial charge in [0.15, 0.2) is 5.13 Å². The van der Waals surface area contributed by atoms with Crippen molar-refractivity contribution in [1.29, 1.82) is 0 Å². The third-order valence-corrected chi connectivity index (χ3v) is 4.35. The van der Waals surface area contributed by atoms with Crippen LogP contribution in [-0.4, -0.2) is 16.1 Å². The summed E-state index contributed by atoms with van der Waals surface area (Å²) in [6.07, 6.45) is 15.0. The fourth-order valence-corrected chi connectivity index (χ4v) is 2.89. The van der Waals surface area contributed by atoms with Gasteiger partial charge in [0.05, 0.1) is 6.20 Å². The number of oxazole rings is 1. The fraction of sp³-hybridized carbons (Fsp3) is 0.294. The standard InChI is InChI=1S/C17H20N4OS/c1-17(2,3)13-11-19-15(22-13)8-7-12-10-20-16(23-12)21-9-5-4-6-14(21)18/h4-11,14H,18H2,1-3H3. The number of nitrogens with two attached hydrogens (primary N) is 1. The first kappa shape index (κ1) is 15.7. The Morgan fingerprint density at radius 1 is 1.22 bits per heavy atom. The van der Waals surface area contributed by atoms with E-state index in [1.807, 2.05) is 47.7 Å². The summed E-state index contributed by atoms with van der Waals surface area (Å²) in [5.74, 6) is 1.47. The van der Waals surface area contributed by atoms with Crippen LogP contribution in [0.15, 0.2) is 41.2 Å². The molecule has 1 aliphatic heterocycles. The van der Waals surface area contributed by atoms with Gasteiger partial charge in [0.2, 0.25) is 5.89 Å². The van der Waals surface area contributed by atoms with Crippen LogP contribution in [0.25, 0.3) is 12.2 Å². The van der Waals surface area contributed by atoms with Crippen LogP contribution in [0.3, 0.4) is 0 Å². The van der Waals surface area contributed by atoms with Crippen LogP contribution in [0.4, 0.5) is 5.13 Å². The molecule has 120 valence electrons. The number of nitrogens with zero attached hydrogens (tertiary/aromatic N) is 3. The summed E-state index contributed by atoms with van der Waals surface area (Å²) in [7, 11) is 0. The first-order valence-corrected chi connectivity index (χ1v) is 8.24. The lowest BCUT2D eigenvalue weighted by Gasteiger charge is -2.24. The van der Waals surface area contributed by atoms with Crippen molar-refractivity contribution in [3.8, 4) is 0 Å². The third kappa shape index (κ3) is 3.60. The maximum absolute atomic E-state index is 6.04. The van der Waals surface area contributed by atoms with Crippen LogP contribution >= 0.6 is 11.3 Å². The number of aromatic nitrogens is 2. The van der Waals surface area contributed by atoms with Gasteiger partial charge < -0.3 is 15.1 Å². The van der Waals surface area contributed by atoms with Crippen molar-refractivity contribution in [1.82, 2.24) is 9.97 Å². The second-order valence-electron chi connectivity index (χ2n) is 6.32. The Bertz CT molecular complexity index is 764. The quantitative estimate of drug-likeness (QED) is 0.929. The molecule has 0 saturated carbocycles. The van der Waals surface area contributed by atoms with E-state index in [0.717, 1.165) is 15.8 Å². The molecular weight excluding hydrogens is 308 g/mol. The summed E-state index contributed by atoms with van der Waals surface area (Å²) in [5, 5.41) is 0.862. The van der Waals surface area contributed by atoms with Gasteiger partial charge in [0, 0.05) is 28.8 Å². The Labute approximate surface area is 139 Å². The van der Waals surface area contributed by atoms with Crippen molar-refractivity contribution < 1.29 is 4.42 Å². The molecule has 5 nitrogen and oxygen atoms in total. The van der Waals surface area contributed by atoms with Crippen molar-refractivity contribution in [2.45, 2.75) is 32.4 Å². The molecule has 2 aromatic rings. The van der Waals surface area contributed by atoms with Crippen LogP contribution in [0.1, 0.15) is 37.3 Å². The molecule has 6 heteroatoms. The zero-order valence-electron chi connectivity index (χ0n) is 13.4. The molecule has 1 unspecified atom stereocenters. The van der Waals surface area contributed by atoms with E-state index in [0.29, 0.717) is 5.89 Å². The Kier molecular flexibility index (Phi) is 4.19. The molecule has 0 spiro atoms. The number of hydrogen-bond donors (Lipinski definition) is 1. The number of hydrogen-bond acceptors (Lipinski definition) is 6. The largest absolute Gasteiger partial charge is 0.441 e. The first-order chi connectivity index (χ1) is 10.9. The molecule has 23 heavy (non-hydrogen) atoms. The average molecular weight is 328 g/mol. The van der Waals surface area contributed by atoms with Crippen LogP contribution in [0.2, 0.25) is 0 Å². The minimum absolute atomic E-state index is 0.0407. The fourth-order valence-electron chi connectivity index (χ4n) is 2.04. The number of rotatable bonds is 3. The molecule has 2 N–H and O–H groups in total. The Hall–Kier alpha value is -2.18. The van der Waals surface area contributed by atoms with E-state index in [2.05, 4.69) is 30.7 Å². The molecule has 0 saturated heterocycles. The predicted octanol–water partition coefficient (Wildman–Crippen LogP) is 3.77. The first-order valence-electron chi connectivity index (χ1n) is 7.42. The van der Waals surface area contributed by atoms with Gasteiger partial charge in [-0.25, -0.2) is 9.97 Å². The summed E-state index contributed by atoms with van der Waals surface area (Å²) in [5.41, 5.74) is 6.00. The predicted molar refractivity (Wildman–Crippen MR) is 95.0 cm³/mol. The Morgan fingerprint density at radius 3 is 2.74 bits per heavy atom. The molecule has 3 heterocycles. The van der Waals surface area contributed by atoms with Crippen molar-refractivity contribution in [3.05, 3.63) is 53.3 Å². The van der Waals surface area contributed by atoms with Crippen molar-refractivity contribution in [2.75, 3.05) is 4.90 Å². The summed E-state index contributed by atoms with van der Waals surface area (Å²) in [6.45, 7) is 6.29. The summed E-state index contributed by atoms with van der Waals surface area (Å²) >= 11 is 1.57. The highest BCUT2D eigenvalue weighted by Crippen LogP contribution is 2.27. The van der Waals surface area contributed by atoms with Gasteiger partial charge in [-0.05, 0) is 18.2 Å². The molecular formula is C17H20N4OS. The highest BCUT2D eigenvalue weighted by molar-refractivity contribution is 7.16. The third-order valence-electron chi connectivity index (χ3n) is 3.37. The molecule has 3 rings (SSSR count). The number of anilines is 1. The number of thiazole rings is 1.